The number of ether oxygens (including phenoxy) is 1. The van der Waals surface area contributed by atoms with Crippen molar-refractivity contribution in [2.75, 3.05) is 19.7 Å². The monoisotopic (exact) mass is 425 g/mol. The van der Waals surface area contributed by atoms with Gasteiger partial charge in [-0.3, -0.25) is 4.79 Å². The molecule has 1 aliphatic heterocycles. The second-order valence-corrected chi connectivity index (χ2v) is 8.36. The average Bonchev–Trinajstić information content (AvgIpc) is 3.28. The lowest BCUT2D eigenvalue weighted by Gasteiger charge is -2.32. The summed E-state index contributed by atoms with van der Waals surface area (Å²) in [7, 11) is 0. The number of likely N-dealkylation sites (tertiary alicyclic amines) is 1. The van der Waals surface area contributed by atoms with E-state index in [4.69, 9.17) is 4.74 Å². The van der Waals surface area contributed by atoms with Crippen molar-refractivity contribution in [1.82, 2.24) is 14.9 Å². The highest BCUT2D eigenvalue weighted by Gasteiger charge is 2.26. The van der Waals surface area contributed by atoms with Crippen LogP contribution in [0.15, 0.2) is 79.1 Å². The molecule has 5 rings (SSSR count). The lowest BCUT2D eigenvalue weighted by atomic mass is 9.89. The normalized spacial score (nSPS) is 14.6. The fraction of sp³-hybridized carbons (Fsp3) is 0.259. The van der Waals surface area contributed by atoms with Crippen LogP contribution < -0.4 is 4.74 Å². The van der Waals surface area contributed by atoms with Crippen molar-refractivity contribution in [3.8, 4) is 5.75 Å². The number of para-hydroxylation sites is 1. The Morgan fingerprint density at radius 2 is 1.78 bits per heavy atom. The molecule has 32 heavy (non-hydrogen) atoms. The zero-order valence-electron chi connectivity index (χ0n) is 18.0. The molecule has 162 valence electrons. The Labute approximate surface area is 188 Å². The molecule has 1 saturated heterocycles. The molecule has 3 heterocycles. The number of fused-ring (bicyclic) bond motifs is 1. The standard InChI is InChI=1S/C27H27N3O2/c31-26(19-32-25-11-5-4-9-22(25)17-20-7-2-1-3-8-20)30-15-12-21(13-16-30)24-18-29-27-23(24)10-6-14-28-27/h1-11,14,18,21H,12-13,15-17,19H2,(H,28,29). The molecule has 0 aliphatic carbocycles. The number of nitrogens with zero attached hydrogens (tertiary/aromatic N) is 2. The van der Waals surface area contributed by atoms with E-state index in [0.717, 1.165) is 49.3 Å². The first-order chi connectivity index (χ1) is 15.8. The predicted octanol–water partition coefficient (Wildman–Crippen LogP) is 4.94. The molecule has 2 aromatic carbocycles. The number of hydrogen-bond donors (Lipinski definition) is 1. The minimum atomic E-state index is 0.0542. The van der Waals surface area contributed by atoms with Gasteiger partial charge in [0.15, 0.2) is 6.61 Å². The van der Waals surface area contributed by atoms with E-state index < -0.39 is 0 Å². The molecule has 0 unspecified atom stereocenters. The summed E-state index contributed by atoms with van der Waals surface area (Å²) in [6, 6.07) is 22.4. The van der Waals surface area contributed by atoms with Crippen molar-refractivity contribution in [2.24, 2.45) is 0 Å². The number of nitrogens with one attached hydrogen (secondary N) is 1. The van der Waals surface area contributed by atoms with E-state index in [-0.39, 0.29) is 12.5 Å². The third-order valence-electron chi connectivity index (χ3n) is 6.33. The van der Waals surface area contributed by atoms with Gasteiger partial charge in [-0.2, -0.15) is 0 Å². The summed E-state index contributed by atoms with van der Waals surface area (Å²) in [5.74, 6) is 1.29. The second-order valence-electron chi connectivity index (χ2n) is 8.36. The number of rotatable bonds is 6. The Morgan fingerprint density at radius 3 is 2.62 bits per heavy atom. The highest BCUT2D eigenvalue weighted by atomic mass is 16.5. The van der Waals surface area contributed by atoms with E-state index in [2.05, 4.69) is 40.4 Å². The first kappa shape index (κ1) is 20.3. The molecule has 5 heteroatoms. The fourth-order valence-electron chi connectivity index (χ4n) is 4.59. The smallest absolute Gasteiger partial charge is 0.260 e. The molecule has 1 N–H and O–H groups in total. The van der Waals surface area contributed by atoms with E-state index in [9.17, 15) is 4.79 Å². The van der Waals surface area contributed by atoms with Crippen molar-refractivity contribution in [2.45, 2.75) is 25.2 Å². The van der Waals surface area contributed by atoms with Gasteiger partial charge in [-0.15, -0.1) is 0 Å². The number of aromatic nitrogens is 2. The maximum Gasteiger partial charge on any atom is 0.260 e. The lowest BCUT2D eigenvalue weighted by molar-refractivity contribution is -0.134. The number of aromatic amines is 1. The molecule has 5 nitrogen and oxygen atoms in total. The van der Waals surface area contributed by atoms with Crippen molar-refractivity contribution in [3.05, 3.63) is 95.8 Å². The van der Waals surface area contributed by atoms with E-state index in [1.54, 1.807) is 0 Å². The van der Waals surface area contributed by atoms with E-state index in [1.807, 2.05) is 53.6 Å². The van der Waals surface area contributed by atoms with Crippen LogP contribution in [0.3, 0.4) is 0 Å². The van der Waals surface area contributed by atoms with Crippen LogP contribution in [0.1, 0.15) is 35.4 Å². The number of pyridine rings is 1. The third kappa shape index (κ3) is 4.37. The van der Waals surface area contributed by atoms with Gasteiger partial charge >= 0.3 is 0 Å². The summed E-state index contributed by atoms with van der Waals surface area (Å²) in [6.07, 6.45) is 6.58. The highest BCUT2D eigenvalue weighted by molar-refractivity contribution is 5.80. The summed E-state index contributed by atoms with van der Waals surface area (Å²) >= 11 is 0. The van der Waals surface area contributed by atoms with Gasteiger partial charge in [-0.1, -0.05) is 48.5 Å². The Bertz CT molecular complexity index is 1190. The zero-order valence-corrected chi connectivity index (χ0v) is 18.0. The largest absolute Gasteiger partial charge is 0.483 e. The molecule has 0 radical (unpaired) electrons. The highest BCUT2D eigenvalue weighted by Crippen LogP contribution is 2.32. The van der Waals surface area contributed by atoms with Crippen LogP contribution in [0.5, 0.6) is 5.75 Å². The van der Waals surface area contributed by atoms with E-state index in [0.29, 0.717) is 5.92 Å². The maximum atomic E-state index is 12.8. The number of hydrogen-bond acceptors (Lipinski definition) is 3. The van der Waals surface area contributed by atoms with Crippen LogP contribution in [0, 0.1) is 0 Å². The van der Waals surface area contributed by atoms with Crippen molar-refractivity contribution < 1.29 is 9.53 Å². The number of carbonyl (C=O) groups is 1. The van der Waals surface area contributed by atoms with Crippen LogP contribution in [0.25, 0.3) is 11.0 Å². The molecular formula is C27H27N3O2. The van der Waals surface area contributed by atoms with Crippen molar-refractivity contribution in [3.63, 3.8) is 0 Å². The predicted molar refractivity (Wildman–Crippen MR) is 126 cm³/mol. The maximum absolute atomic E-state index is 12.8. The minimum Gasteiger partial charge on any atom is -0.483 e. The molecule has 1 amide bonds. The van der Waals surface area contributed by atoms with Gasteiger partial charge in [0.2, 0.25) is 0 Å². The first-order valence-electron chi connectivity index (χ1n) is 11.2. The molecule has 4 aromatic rings. The second kappa shape index (κ2) is 9.27. The number of amides is 1. The Balaban J connectivity index is 1.18. The van der Waals surface area contributed by atoms with Gasteiger partial charge in [0.1, 0.15) is 11.4 Å². The first-order valence-corrected chi connectivity index (χ1v) is 11.2. The van der Waals surface area contributed by atoms with Gasteiger partial charge in [-0.25, -0.2) is 4.98 Å². The molecule has 0 spiro atoms. The summed E-state index contributed by atoms with van der Waals surface area (Å²) in [6.45, 7) is 1.59. The van der Waals surface area contributed by atoms with Crippen LogP contribution in [-0.4, -0.2) is 40.5 Å². The van der Waals surface area contributed by atoms with E-state index in [1.165, 1.54) is 16.5 Å². The Kier molecular flexibility index (Phi) is 5.88. The zero-order chi connectivity index (χ0) is 21.8. The molecule has 0 saturated carbocycles. The van der Waals surface area contributed by atoms with Gasteiger partial charge in [-0.05, 0) is 53.6 Å². The van der Waals surface area contributed by atoms with Gasteiger partial charge < -0.3 is 14.6 Å². The third-order valence-corrected chi connectivity index (χ3v) is 6.33. The minimum absolute atomic E-state index is 0.0542. The van der Waals surface area contributed by atoms with E-state index >= 15 is 0 Å². The Hall–Kier alpha value is -3.60. The SMILES string of the molecule is O=C(COc1ccccc1Cc1ccccc1)N1CCC(c2c[nH]c3ncccc23)CC1. The molecule has 2 aromatic heterocycles. The van der Waals surface area contributed by atoms with Crippen LogP contribution in [0.2, 0.25) is 0 Å². The van der Waals surface area contributed by atoms with Crippen molar-refractivity contribution in [1.29, 1.82) is 0 Å². The summed E-state index contributed by atoms with van der Waals surface area (Å²) in [5, 5.41) is 1.19. The number of H-pyrrole nitrogens is 1. The number of carbonyl (C=O) groups excluding carboxylic acids is 1. The van der Waals surface area contributed by atoms with Crippen LogP contribution >= 0.6 is 0 Å². The number of piperidine rings is 1. The number of benzene rings is 2. The fourth-order valence-corrected chi connectivity index (χ4v) is 4.59. The molecule has 0 bridgehead atoms. The van der Waals surface area contributed by atoms with Crippen LogP contribution in [-0.2, 0) is 11.2 Å². The lowest BCUT2D eigenvalue weighted by Crippen LogP contribution is -2.40. The summed E-state index contributed by atoms with van der Waals surface area (Å²) in [5.41, 5.74) is 4.57. The van der Waals surface area contributed by atoms with Gasteiger partial charge in [0.25, 0.3) is 5.91 Å². The topological polar surface area (TPSA) is 58.2 Å². The molecule has 1 aliphatic rings. The summed E-state index contributed by atoms with van der Waals surface area (Å²) < 4.78 is 5.98. The van der Waals surface area contributed by atoms with Gasteiger partial charge in [0.05, 0.1) is 0 Å². The van der Waals surface area contributed by atoms with Crippen LogP contribution in [0.4, 0.5) is 0 Å². The average molecular weight is 426 g/mol. The molecule has 0 atom stereocenters. The van der Waals surface area contributed by atoms with Gasteiger partial charge in [0, 0.05) is 37.3 Å². The quantitative estimate of drug-likeness (QED) is 0.476. The summed E-state index contributed by atoms with van der Waals surface area (Å²) in [4.78, 5) is 22.4. The molecule has 1 fully saturated rings. The Morgan fingerprint density at radius 1 is 1.00 bits per heavy atom. The van der Waals surface area contributed by atoms with Crippen molar-refractivity contribution >= 4 is 16.9 Å². The molecular weight excluding hydrogens is 398 g/mol.